The van der Waals surface area contributed by atoms with Crippen molar-refractivity contribution in [1.29, 1.82) is 0 Å². The maximum atomic E-state index is 6.31. The number of nitrogens with zero attached hydrogens (tertiary/aromatic N) is 5. The van der Waals surface area contributed by atoms with E-state index < -0.39 is 0 Å². The van der Waals surface area contributed by atoms with Gasteiger partial charge in [0.05, 0.1) is 34.4 Å². The van der Waals surface area contributed by atoms with Gasteiger partial charge in [-0.25, -0.2) is 4.98 Å². The average molecular weight is 400 g/mol. The molecule has 2 atom stereocenters. The summed E-state index contributed by atoms with van der Waals surface area (Å²) in [5.74, 6) is 1.02. The predicted octanol–water partition coefficient (Wildman–Crippen LogP) is 4.42. The Hall–Kier alpha value is -2.09. The van der Waals surface area contributed by atoms with E-state index in [-0.39, 0.29) is 6.10 Å². The molecule has 0 saturated carbocycles. The summed E-state index contributed by atoms with van der Waals surface area (Å²) in [4.78, 5) is 10.6. The number of aromatic nitrogens is 5. The summed E-state index contributed by atoms with van der Waals surface area (Å²) in [6.45, 7) is 2.89. The zero-order chi connectivity index (χ0) is 18.4. The van der Waals surface area contributed by atoms with E-state index >= 15 is 0 Å². The van der Waals surface area contributed by atoms with Gasteiger partial charge in [0.1, 0.15) is 11.3 Å². The molecule has 0 N–H and O–H groups in total. The molecule has 138 valence electrons. The molecule has 1 aliphatic rings. The molecule has 5 rings (SSSR count). The first-order chi connectivity index (χ1) is 13.2. The molecule has 27 heavy (non-hydrogen) atoms. The van der Waals surface area contributed by atoms with Crippen LogP contribution in [0.5, 0.6) is 0 Å². The first kappa shape index (κ1) is 17.0. The van der Waals surface area contributed by atoms with E-state index in [0.717, 1.165) is 52.1 Å². The number of hydrogen-bond acceptors (Lipinski definition) is 6. The lowest BCUT2D eigenvalue weighted by Gasteiger charge is -2.30. The monoisotopic (exact) mass is 399 g/mol. The van der Waals surface area contributed by atoms with Crippen molar-refractivity contribution in [3.63, 3.8) is 0 Å². The molecule has 0 bridgehead atoms. The fourth-order valence-corrected chi connectivity index (χ4v) is 4.60. The van der Waals surface area contributed by atoms with E-state index in [0.29, 0.717) is 17.5 Å². The second-order valence-electron chi connectivity index (χ2n) is 6.97. The number of imidazole rings is 1. The second kappa shape index (κ2) is 6.82. The van der Waals surface area contributed by atoms with Crippen molar-refractivity contribution in [3.8, 4) is 0 Å². The molecule has 1 saturated heterocycles. The van der Waals surface area contributed by atoms with E-state index in [1.54, 1.807) is 0 Å². The van der Waals surface area contributed by atoms with Gasteiger partial charge in [0.2, 0.25) is 0 Å². The number of hydrogen-bond donors (Lipinski definition) is 0. The maximum absolute atomic E-state index is 6.31. The van der Waals surface area contributed by atoms with Crippen LogP contribution in [0.1, 0.15) is 36.5 Å². The van der Waals surface area contributed by atoms with Crippen molar-refractivity contribution in [1.82, 2.24) is 24.1 Å². The summed E-state index contributed by atoms with van der Waals surface area (Å²) in [7, 11) is 0. The minimum absolute atomic E-state index is 0.232. The summed E-state index contributed by atoms with van der Waals surface area (Å²) in [6, 6.07) is 6.17. The lowest BCUT2D eigenvalue weighted by molar-refractivity contribution is 0.00631. The zero-order valence-corrected chi connectivity index (χ0v) is 16.4. The third kappa shape index (κ3) is 3.09. The molecule has 1 unspecified atom stereocenters. The number of halogens is 1. The molecule has 0 amide bonds. The summed E-state index contributed by atoms with van der Waals surface area (Å²) >= 11 is 7.72. The lowest BCUT2D eigenvalue weighted by atomic mass is 10.0. The summed E-state index contributed by atoms with van der Waals surface area (Å²) in [6.07, 6.45) is 6.54. The second-order valence-corrected chi connectivity index (χ2v) is 8.28. The Labute approximate surface area is 165 Å². The van der Waals surface area contributed by atoms with Crippen LogP contribution in [0.4, 0.5) is 0 Å². The number of pyridine rings is 1. The molecule has 0 radical (unpaired) electrons. The molecule has 3 aromatic heterocycles. The third-order valence-electron chi connectivity index (χ3n) is 5.11. The van der Waals surface area contributed by atoms with Crippen LogP contribution < -0.4 is 0 Å². The molecule has 8 heteroatoms. The van der Waals surface area contributed by atoms with Crippen molar-refractivity contribution >= 4 is 45.1 Å². The SMILES string of the molecule is C[C@@H]1CC(n2c(Cc3cnns3)nc3cnc4ccc(Cl)cc4c32)CCO1. The average Bonchev–Trinajstić information content (AvgIpc) is 3.29. The van der Waals surface area contributed by atoms with Gasteiger partial charge in [0, 0.05) is 29.5 Å². The third-order valence-corrected chi connectivity index (χ3v) is 6.01. The van der Waals surface area contributed by atoms with Gasteiger partial charge in [-0.15, -0.1) is 5.10 Å². The van der Waals surface area contributed by atoms with Crippen LogP contribution >= 0.6 is 23.1 Å². The van der Waals surface area contributed by atoms with E-state index in [9.17, 15) is 0 Å². The fourth-order valence-electron chi connectivity index (χ4n) is 3.95. The minimum Gasteiger partial charge on any atom is -0.378 e. The molecule has 1 fully saturated rings. The molecule has 1 aliphatic heterocycles. The minimum atomic E-state index is 0.232. The summed E-state index contributed by atoms with van der Waals surface area (Å²) in [5.41, 5.74) is 2.93. The van der Waals surface area contributed by atoms with Gasteiger partial charge >= 0.3 is 0 Å². The quantitative estimate of drug-likeness (QED) is 0.510. The molecule has 0 aliphatic carbocycles. The van der Waals surface area contributed by atoms with Crippen LogP contribution in [0.25, 0.3) is 21.9 Å². The molecule has 1 aromatic carbocycles. The van der Waals surface area contributed by atoms with Crippen LogP contribution in [0, 0.1) is 0 Å². The molecular weight excluding hydrogens is 382 g/mol. The van der Waals surface area contributed by atoms with Crippen LogP contribution in [0.3, 0.4) is 0 Å². The first-order valence-electron chi connectivity index (χ1n) is 9.02. The number of rotatable bonds is 3. The van der Waals surface area contributed by atoms with Crippen LogP contribution in [-0.2, 0) is 11.2 Å². The number of ether oxygens (including phenoxy) is 1. The fraction of sp³-hybridized carbons (Fsp3) is 0.368. The smallest absolute Gasteiger partial charge is 0.115 e. The van der Waals surface area contributed by atoms with Gasteiger partial charge in [-0.3, -0.25) is 4.98 Å². The van der Waals surface area contributed by atoms with Gasteiger partial charge < -0.3 is 9.30 Å². The maximum Gasteiger partial charge on any atom is 0.115 e. The topological polar surface area (TPSA) is 65.7 Å². The summed E-state index contributed by atoms with van der Waals surface area (Å²) < 4.78 is 12.2. The molecule has 0 spiro atoms. The van der Waals surface area contributed by atoms with E-state index in [1.165, 1.54) is 11.5 Å². The van der Waals surface area contributed by atoms with Crippen LogP contribution in [0.15, 0.2) is 30.6 Å². The first-order valence-corrected chi connectivity index (χ1v) is 10.2. The highest BCUT2D eigenvalue weighted by atomic mass is 35.5. The zero-order valence-electron chi connectivity index (χ0n) is 14.8. The lowest BCUT2D eigenvalue weighted by Crippen LogP contribution is -2.26. The summed E-state index contributed by atoms with van der Waals surface area (Å²) in [5, 5.41) is 5.72. The molecular formula is C19H18ClN5OS. The Morgan fingerprint density at radius 2 is 2.22 bits per heavy atom. The van der Waals surface area contributed by atoms with Crippen molar-refractivity contribution in [2.75, 3.05) is 6.61 Å². The van der Waals surface area contributed by atoms with Gasteiger partial charge in [0.15, 0.2) is 0 Å². The Balaban J connectivity index is 1.76. The van der Waals surface area contributed by atoms with E-state index in [2.05, 4.69) is 26.1 Å². The van der Waals surface area contributed by atoms with Gasteiger partial charge in [-0.05, 0) is 49.5 Å². The van der Waals surface area contributed by atoms with Crippen molar-refractivity contribution < 1.29 is 4.74 Å². The number of benzene rings is 1. The molecule has 6 nitrogen and oxygen atoms in total. The Morgan fingerprint density at radius 1 is 1.30 bits per heavy atom. The highest BCUT2D eigenvalue weighted by molar-refractivity contribution is 7.05. The molecule has 4 aromatic rings. The van der Waals surface area contributed by atoms with Gasteiger partial charge in [0.25, 0.3) is 0 Å². The van der Waals surface area contributed by atoms with E-state index in [1.807, 2.05) is 30.6 Å². The van der Waals surface area contributed by atoms with Crippen LogP contribution in [-0.4, -0.2) is 36.8 Å². The number of fused-ring (bicyclic) bond motifs is 3. The van der Waals surface area contributed by atoms with E-state index in [4.69, 9.17) is 21.3 Å². The highest BCUT2D eigenvalue weighted by Crippen LogP contribution is 2.35. The Kier molecular flexibility index (Phi) is 4.30. The normalized spacial score (nSPS) is 20.5. The van der Waals surface area contributed by atoms with Crippen molar-refractivity contribution in [3.05, 3.63) is 46.3 Å². The Morgan fingerprint density at radius 3 is 3.04 bits per heavy atom. The Bertz CT molecular complexity index is 1110. The standard InChI is InChI=1S/C19H18ClN5OS/c1-11-6-13(4-5-26-11)25-18(8-14-9-22-24-27-14)23-17-10-21-16-3-2-12(20)7-15(16)19(17)25/h2-3,7,9-11,13H,4-6,8H2,1H3/t11-,13?/m1/s1. The van der Waals surface area contributed by atoms with Crippen LogP contribution in [0.2, 0.25) is 5.02 Å². The van der Waals surface area contributed by atoms with Crippen molar-refractivity contribution in [2.45, 2.75) is 38.3 Å². The van der Waals surface area contributed by atoms with Gasteiger partial charge in [-0.2, -0.15) is 0 Å². The highest BCUT2D eigenvalue weighted by Gasteiger charge is 2.26. The molecule has 4 heterocycles. The van der Waals surface area contributed by atoms with Gasteiger partial charge in [-0.1, -0.05) is 16.1 Å². The predicted molar refractivity (Wildman–Crippen MR) is 106 cm³/mol. The largest absolute Gasteiger partial charge is 0.378 e. The van der Waals surface area contributed by atoms with Crippen molar-refractivity contribution in [2.24, 2.45) is 0 Å².